The summed E-state index contributed by atoms with van der Waals surface area (Å²) in [5.41, 5.74) is 0. The normalized spacial score (nSPS) is 30.8. The van der Waals surface area contributed by atoms with Gasteiger partial charge < -0.3 is 15.3 Å². The van der Waals surface area contributed by atoms with Crippen molar-refractivity contribution in [3.05, 3.63) is 0 Å². The van der Waals surface area contributed by atoms with Gasteiger partial charge in [0.05, 0.1) is 6.10 Å². The molecule has 0 aromatic heterocycles. The molecule has 2 atom stereocenters. The monoisotopic (exact) mass is 202 g/mol. The standard InChI is InChI=1S/C6H14N2O.2ClH/c1-7-5-3-8(2)4-6(5)9;;/h5-7,9H,3-4H2,1-2H3;2*1H/t5-,6-;;/m0../s1. The summed E-state index contributed by atoms with van der Waals surface area (Å²) in [6.45, 7) is 1.75. The van der Waals surface area contributed by atoms with E-state index in [1.807, 2.05) is 14.1 Å². The second-order valence-electron chi connectivity index (χ2n) is 2.68. The number of aliphatic hydroxyl groups is 1. The van der Waals surface area contributed by atoms with Crippen LogP contribution in [-0.4, -0.2) is 49.3 Å². The van der Waals surface area contributed by atoms with Crippen LogP contribution in [0, 0.1) is 0 Å². The molecule has 0 spiro atoms. The number of hydrogen-bond acceptors (Lipinski definition) is 3. The molecule has 0 radical (unpaired) electrons. The van der Waals surface area contributed by atoms with Crippen molar-refractivity contribution in [2.24, 2.45) is 0 Å². The third-order valence-electron chi connectivity index (χ3n) is 1.84. The van der Waals surface area contributed by atoms with E-state index in [4.69, 9.17) is 0 Å². The molecule has 1 aliphatic heterocycles. The van der Waals surface area contributed by atoms with Gasteiger partial charge in [-0.2, -0.15) is 0 Å². The van der Waals surface area contributed by atoms with Crippen LogP contribution in [0.1, 0.15) is 0 Å². The summed E-state index contributed by atoms with van der Waals surface area (Å²) in [6.07, 6.45) is -0.181. The van der Waals surface area contributed by atoms with E-state index in [2.05, 4.69) is 10.2 Å². The first-order valence-corrected chi connectivity index (χ1v) is 3.28. The van der Waals surface area contributed by atoms with Crippen LogP contribution in [0.2, 0.25) is 0 Å². The molecule has 0 unspecified atom stereocenters. The Kier molecular flexibility index (Phi) is 7.68. The van der Waals surface area contributed by atoms with Gasteiger partial charge in [0.25, 0.3) is 0 Å². The number of rotatable bonds is 1. The van der Waals surface area contributed by atoms with E-state index in [9.17, 15) is 5.11 Å². The zero-order chi connectivity index (χ0) is 6.85. The Morgan fingerprint density at radius 1 is 1.36 bits per heavy atom. The first-order valence-electron chi connectivity index (χ1n) is 3.28. The molecule has 0 aromatic rings. The van der Waals surface area contributed by atoms with E-state index >= 15 is 0 Å². The number of likely N-dealkylation sites (N-methyl/N-ethyl adjacent to an activating group) is 2. The van der Waals surface area contributed by atoms with Gasteiger partial charge in [0, 0.05) is 19.1 Å². The van der Waals surface area contributed by atoms with E-state index in [1.54, 1.807) is 0 Å². The van der Waals surface area contributed by atoms with Gasteiger partial charge in [-0.05, 0) is 14.1 Å². The van der Waals surface area contributed by atoms with Gasteiger partial charge in [0.15, 0.2) is 0 Å². The summed E-state index contributed by atoms with van der Waals surface area (Å²) in [6, 6.07) is 0.273. The van der Waals surface area contributed by atoms with Crippen molar-refractivity contribution in [1.29, 1.82) is 0 Å². The molecule has 0 aromatic carbocycles. The first-order chi connectivity index (χ1) is 4.24. The zero-order valence-corrected chi connectivity index (χ0v) is 8.41. The number of hydrogen-bond donors (Lipinski definition) is 2. The van der Waals surface area contributed by atoms with E-state index in [0.717, 1.165) is 13.1 Å². The van der Waals surface area contributed by atoms with Crippen molar-refractivity contribution in [2.45, 2.75) is 12.1 Å². The second kappa shape index (κ2) is 6.03. The van der Waals surface area contributed by atoms with E-state index in [0.29, 0.717) is 0 Å². The average Bonchev–Trinajstić information content (AvgIpc) is 2.10. The summed E-state index contributed by atoms with van der Waals surface area (Å²) in [5, 5.41) is 12.3. The third kappa shape index (κ3) is 3.58. The maximum atomic E-state index is 9.26. The molecule has 0 bridgehead atoms. The molecular weight excluding hydrogens is 187 g/mol. The van der Waals surface area contributed by atoms with Crippen LogP contribution >= 0.6 is 24.8 Å². The molecular formula is C6H16Cl2N2O. The van der Waals surface area contributed by atoms with Crippen LogP contribution in [0.25, 0.3) is 0 Å². The Morgan fingerprint density at radius 2 is 1.91 bits per heavy atom. The Balaban J connectivity index is 0. The average molecular weight is 203 g/mol. The van der Waals surface area contributed by atoms with Crippen LogP contribution in [0.4, 0.5) is 0 Å². The van der Waals surface area contributed by atoms with Crippen LogP contribution < -0.4 is 5.32 Å². The minimum absolute atomic E-state index is 0. The van der Waals surface area contributed by atoms with Gasteiger partial charge in [-0.25, -0.2) is 0 Å². The second-order valence-corrected chi connectivity index (χ2v) is 2.68. The Hall–Kier alpha value is 0.460. The highest BCUT2D eigenvalue weighted by Crippen LogP contribution is 2.05. The van der Waals surface area contributed by atoms with Crippen molar-refractivity contribution in [1.82, 2.24) is 10.2 Å². The number of halogens is 2. The van der Waals surface area contributed by atoms with Gasteiger partial charge in [0.1, 0.15) is 0 Å². The fourth-order valence-corrected chi connectivity index (χ4v) is 1.26. The van der Waals surface area contributed by atoms with E-state index in [-0.39, 0.29) is 37.0 Å². The van der Waals surface area contributed by atoms with Crippen molar-refractivity contribution >= 4 is 24.8 Å². The minimum Gasteiger partial charge on any atom is -0.390 e. The van der Waals surface area contributed by atoms with Crippen molar-refractivity contribution < 1.29 is 5.11 Å². The van der Waals surface area contributed by atoms with Gasteiger partial charge in [-0.1, -0.05) is 0 Å². The lowest BCUT2D eigenvalue weighted by molar-refractivity contribution is 0.160. The molecule has 0 aliphatic carbocycles. The van der Waals surface area contributed by atoms with Gasteiger partial charge in [-0.3, -0.25) is 0 Å². The molecule has 70 valence electrons. The molecule has 1 saturated heterocycles. The quantitative estimate of drug-likeness (QED) is 0.615. The highest BCUT2D eigenvalue weighted by Gasteiger charge is 2.26. The van der Waals surface area contributed by atoms with Crippen LogP contribution in [-0.2, 0) is 0 Å². The van der Waals surface area contributed by atoms with Crippen molar-refractivity contribution in [3.8, 4) is 0 Å². The van der Waals surface area contributed by atoms with Crippen molar-refractivity contribution in [3.63, 3.8) is 0 Å². The van der Waals surface area contributed by atoms with Gasteiger partial charge >= 0.3 is 0 Å². The summed E-state index contributed by atoms with van der Waals surface area (Å²) in [4.78, 5) is 2.12. The molecule has 1 fully saturated rings. The van der Waals surface area contributed by atoms with Crippen LogP contribution in [0.5, 0.6) is 0 Å². The lowest BCUT2D eigenvalue weighted by Crippen LogP contribution is -2.36. The maximum absolute atomic E-state index is 9.26. The molecule has 1 aliphatic rings. The fourth-order valence-electron chi connectivity index (χ4n) is 1.26. The van der Waals surface area contributed by atoms with E-state index in [1.165, 1.54) is 0 Å². The molecule has 5 heteroatoms. The third-order valence-corrected chi connectivity index (χ3v) is 1.84. The molecule has 2 N–H and O–H groups in total. The number of nitrogens with zero attached hydrogens (tertiary/aromatic N) is 1. The molecule has 1 rings (SSSR count). The lowest BCUT2D eigenvalue weighted by atomic mass is 10.2. The van der Waals surface area contributed by atoms with Gasteiger partial charge in [0.2, 0.25) is 0 Å². The minimum atomic E-state index is -0.181. The highest BCUT2D eigenvalue weighted by atomic mass is 35.5. The molecule has 1 heterocycles. The Morgan fingerprint density at radius 3 is 2.09 bits per heavy atom. The fraction of sp³-hybridized carbons (Fsp3) is 1.00. The Bertz CT molecular complexity index is 105. The topological polar surface area (TPSA) is 35.5 Å². The highest BCUT2D eigenvalue weighted by molar-refractivity contribution is 5.85. The summed E-state index contributed by atoms with van der Waals surface area (Å²) < 4.78 is 0. The molecule has 3 nitrogen and oxygen atoms in total. The lowest BCUT2D eigenvalue weighted by Gasteiger charge is -2.10. The summed E-state index contributed by atoms with van der Waals surface area (Å²) in [7, 11) is 3.90. The predicted octanol–water partition coefficient (Wildman–Crippen LogP) is -0.276. The number of nitrogens with one attached hydrogen (secondary N) is 1. The Labute approximate surface area is 80.0 Å². The van der Waals surface area contributed by atoms with E-state index < -0.39 is 0 Å². The number of aliphatic hydroxyl groups excluding tert-OH is 1. The number of likely N-dealkylation sites (tertiary alicyclic amines) is 1. The summed E-state index contributed by atoms with van der Waals surface area (Å²) >= 11 is 0. The van der Waals surface area contributed by atoms with Gasteiger partial charge in [-0.15, -0.1) is 24.8 Å². The smallest absolute Gasteiger partial charge is 0.0832 e. The predicted molar refractivity (Wildman–Crippen MR) is 50.8 cm³/mol. The van der Waals surface area contributed by atoms with Crippen LogP contribution in [0.3, 0.4) is 0 Å². The summed E-state index contributed by atoms with van der Waals surface area (Å²) in [5.74, 6) is 0. The maximum Gasteiger partial charge on any atom is 0.0832 e. The first kappa shape index (κ1) is 14.0. The molecule has 11 heavy (non-hydrogen) atoms. The van der Waals surface area contributed by atoms with Crippen LogP contribution in [0.15, 0.2) is 0 Å². The molecule has 0 saturated carbocycles. The zero-order valence-electron chi connectivity index (χ0n) is 6.78. The number of β-amino-alcohol motifs (C(OH)–C–C–N with tert-alkyl or cyclic N) is 1. The largest absolute Gasteiger partial charge is 0.390 e. The molecule has 0 amide bonds. The SMILES string of the molecule is CN[C@H]1CN(C)C[C@@H]1O.Cl.Cl. The van der Waals surface area contributed by atoms with Crippen molar-refractivity contribution in [2.75, 3.05) is 27.2 Å².